The molecule has 0 spiro atoms. The Bertz CT molecular complexity index is 569. The molecule has 2 rings (SSSR count). The Morgan fingerprint density at radius 3 is 2.64 bits per heavy atom. The van der Waals surface area contributed by atoms with Crippen LogP contribution in [0, 0.1) is 15.9 Å². The van der Waals surface area contributed by atoms with Crippen molar-refractivity contribution in [3.63, 3.8) is 0 Å². The van der Waals surface area contributed by atoms with E-state index in [4.69, 9.17) is 0 Å². The summed E-state index contributed by atoms with van der Waals surface area (Å²) in [4.78, 5) is 24.1. The Labute approximate surface area is 128 Å². The van der Waals surface area contributed by atoms with E-state index in [0.29, 0.717) is 5.69 Å². The van der Waals surface area contributed by atoms with E-state index in [1.54, 1.807) is 0 Å². The van der Waals surface area contributed by atoms with Gasteiger partial charge >= 0.3 is 5.69 Å². The molecule has 1 fully saturated rings. The monoisotopic (exact) mass is 309 g/mol. The summed E-state index contributed by atoms with van der Waals surface area (Å²) >= 11 is 0. The lowest BCUT2D eigenvalue weighted by molar-refractivity contribution is -0.387. The molecule has 1 saturated heterocycles. The first-order valence-electron chi connectivity index (χ1n) is 7.39. The quantitative estimate of drug-likeness (QED) is 0.685. The molecular weight excluding hydrogens is 289 g/mol. The molecular formula is C15H20FN3O3. The van der Waals surface area contributed by atoms with E-state index in [0.717, 1.165) is 31.4 Å². The lowest BCUT2D eigenvalue weighted by Gasteiger charge is -2.39. The lowest BCUT2D eigenvalue weighted by atomic mass is 9.97. The van der Waals surface area contributed by atoms with Crippen molar-refractivity contribution >= 4 is 17.3 Å². The molecule has 0 aliphatic carbocycles. The Morgan fingerprint density at radius 1 is 1.41 bits per heavy atom. The maximum atomic E-state index is 13.3. The molecule has 1 heterocycles. The lowest BCUT2D eigenvalue weighted by Crippen LogP contribution is -2.49. The number of amides is 1. The van der Waals surface area contributed by atoms with Gasteiger partial charge in [0.15, 0.2) is 0 Å². The summed E-state index contributed by atoms with van der Waals surface area (Å²) in [6.45, 7) is 4.09. The third-order valence-electron chi connectivity index (χ3n) is 4.07. The van der Waals surface area contributed by atoms with Crippen molar-refractivity contribution in [2.75, 3.05) is 11.9 Å². The third kappa shape index (κ3) is 3.52. The Hall–Kier alpha value is -2.18. The van der Waals surface area contributed by atoms with Crippen LogP contribution in [0.15, 0.2) is 18.2 Å². The van der Waals surface area contributed by atoms with E-state index < -0.39 is 16.4 Å². The molecule has 0 bridgehead atoms. The SMILES string of the molecule is CC1CCCC(C)N1C(=O)CNc1ccc(F)c([N+](=O)[O-])c1. The minimum Gasteiger partial charge on any atom is -0.376 e. The minimum atomic E-state index is -0.889. The fraction of sp³-hybridized carbons (Fsp3) is 0.533. The van der Waals surface area contributed by atoms with Gasteiger partial charge in [-0.2, -0.15) is 4.39 Å². The van der Waals surface area contributed by atoms with Crippen LogP contribution in [0.1, 0.15) is 33.1 Å². The first-order chi connectivity index (χ1) is 10.4. The maximum absolute atomic E-state index is 13.3. The Kier molecular flexibility index (Phi) is 4.95. The van der Waals surface area contributed by atoms with Crippen LogP contribution in [0.4, 0.5) is 15.8 Å². The molecule has 0 aromatic heterocycles. The van der Waals surface area contributed by atoms with Gasteiger partial charge in [0.1, 0.15) is 0 Å². The molecule has 7 heteroatoms. The highest BCUT2D eigenvalue weighted by molar-refractivity contribution is 5.81. The molecule has 0 saturated carbocycles. The van der Waals surface area contributed by atoms with Crippen LogP contribution in [-0.4, -0.2) is 34.4 Å². The smallest absolute Gasteiger partial charge is 0.306 e. The number of nitro benzene ring substituents is 1. The molecule has 22 heavy (non-hydrogen) atoms. The zero-order valence-corrected chi connectivity index (χ0v) is 12.7. The summed E-state index contributed by atoms with van der Waals surface area (Å²) < 4.78 is 13.3. The van der Waals surface area contributed by atoms with Crippen LogP contribution in [0.5, 0.6) is 0 Å². The van der Waals surface area contributed by atoms with E-state index in [2.05, 4.69) is 5.32 Å². The van der Waals surface area contributed by atoms with Crippen molar-refractivity contribution in [1.29, 1.82) is 0 Å². The van der Waals surface area contributed by atoms with Crippen LogP contribution in [0.2, 0.25) is 0 Å². The van der Waals surface area contributed by atoms with Crippen LogP contribution in [-0.2, 0) is 4.79 Å². The second kappa shape index (κ2) is 6.72. The van der Waals surface area contributed by atoms with Crippen molar-refractivity contribution < 1.29 is 14.1 Å². The predicted octanol–water partition coefficient (Wildman–Crippen LogP) is 2.94. The number of nitrogens with zero attached hydrogens (tertiary/aromatic N) is 2. The minimum absolute atomic E-state index is 0.0392. The van der Waals surface area contributed by atoms with Gasteiger partial charge in [0.2, 0.25) is 11.7 Å². The van der Waals surface area contributed by atoms with Crippen LogP contribution < -0.4 is 5.32 Å². The van der Waals surface area contributed by atoms with Crippen LogP contribution >= 0.6 is 0 Å². The standard InChI is InChI=1S/C15H20FN3O3/c1-10-4-3-5-11(2)18(10)15(20)9-17-12-6-7-13(16)14(8-12)19(21)22/h6-8,10-11,17H,3-5,9H2,1-2H3. The summed E-state index contributed by atoms with van der Waals surface area (Å²) in [6.07, 6.45) is 3.08. The van der Waals surface area contributed by atoms with Crippen molar-refractivity contribution in [1.82, 2.24) is 4.90 Å². The number of piperidine rings is 1. The molecule has 1 N–H and O–H groups in total. The number of hydrogen-bond donors (Lipinski definition) is 1. The molecule has 2 atom stereocenters. The van der Waals surface area contributed by atoms with Crippen molar-refractivity contribution in [3.8, 4) is 0 Å². The van der Waals surface area contributed by atoms with Gasteiger partial charge in [0, 0.05) is 23.8 Å². The Balaban J connectivity index is 2.02. The van der Waals surface area contributed by atoms with E-state index in [9.17, 15) is 19.3 Å². The molecule has 1 aromatic carbocycles. The van der Waals surface area contributed by atoms with Crippen LogP contribution in [0.3, 0.4) is 0 Å². The average molecular weight is 309 g/mol. The molecule has 0 radical (unpaired) electrons. The summed E-state index contributed by atoms with van der Waals surface area (Å²) in [5, 5.41) is 13.6. The van der Waals surface area contributed by atoms with Gasteiger partial charge in [-0.15, -0.1) is 0 Å². The van der Waals surface area contributed by atoms with E-state index in [-0.39, 0.29) is 24.5 Å². The van der Waals surface area contributed by atoms with E-state index in [1.165, 1.54) is 6.07 Å². The van der Waals surface area contributed by atoms with Crippen molar-refractivity contribution in [3.05, 3.63) is 34.1 Å². The fourth-order valence-electron chi connectivity index (χ4n) is 2.94. The van der Waals surface area contributed by atoms with Gasteiger partial charge in [-0.05, 0) is 45.2 Å². The largest absolute Gasteiger partial charge is 0.376 e. The summed E-state index contributed by atoms with van der Waals surface area (Å²) in [7, 11) is 0. The first-order valence-corrected chi connectivity index (χ1v) is 7.39. The van der Waals surface area contributed by atoms with Crippen molar-refractivity contribution in [2.45, 2.75) is 45.2 Å². The van der Waals surface area contributed by atoms with Gasteiger partial charge in [0.25, 0.3) is 0 Å². The number of carbonyl (C=O) groups excluding carboxylic acids is 1. The summed E-state index contributed by atoms with van der Waals surface area (Å²) in [5.74, 6) is -0.938. The van der Waals surface area contributed by atoms with Crippen LogP contribution in [0.25, 0.3) is 0 Å². The second-order valence-electron chi connectivity index (χ2n) is 5.71. The molecule has 1 aliphatic rings. The van der Waals surface area contributed by atoms with Gasteiger partial charge in [-0.3, -0.25) is 14.9 Å². The number of hydrogen-bond acceptors (Lipinski definition) is 4. The van der Waals surface area contributed by atoms with E-state index >= 15 is 0 Å². The number of nitro groups is 1. The first kappa shape index (κ1) is 16.2. The van der Waals surface area contributed by atoms with Gasteiger partial charge in [0.05, 0.1) is 11.5 Å². The summed E-state index contributed by atoms with van der Waals surface area (Å²) in [5.41, 5.74) is -0.240. The maximum Gasteiger partial charge on any atom is 0.306 e. The zero-order valence-electron chi connectivity index (χ0n) is 12.7. The second-order valence-corrected chi connectivity index (χ2v) is 5.71. The highest BCUT2D eigenvalue weighted by atomic mass is 19.1. The number of carbonyl (C=O) groups is 1. The zero-order chi connectivity index (χ0) is 16.3. The third-order valence-corrected chi connectivity index (χ3v) is 4.07. The fourth-order valence-corrected chi connectivity index (χ4v) is 2.94. The predicted molar refractivity (Wildman–Crippen MR) is 81.2 cm³/mol. The van der Waals surface area contributed by atoms with Gasteiger partial charge < -0.3 is 10.2 Å². The highest BCUT2D eigenvalue weighted by Gasteiger charge is 2.28. The van der Waals surface area contributed by atoms with E-state index in [1.807, 2.05) is 18.7 Å². The number of nitrogens with one attached hydrogen (secondary N) is 1. The number of halogens is 1. The van der Waals surface area contributed by atoms with Gasteiger partial charge in [-0.25, -0.2) is 0 Å². The normalized spacial score (nSPS) is 21.5. The summed E-state index contributed by atoms with van der Waals surface area (Å²) in [6, 6.07) is 3.91. The molecule has 120 valence electrons. The topological polar surface area (TPSA) is 75.5 Å². The number of benzene rings is 1. The Morgan fingerprint density at radius 2 is 2.05 bits per heavy atom. The van der Waals surface area contributed by atoms with Gasteiger partial charge in [-0.1, -0.05) is 0 Å². The number of likely N-dealkylation sites (tertiary alicyclic amines) is 1. The molecule has 1 amide bonds. The average Bonchev–Trinajstić information content (AvgIpc) is 2.46. The highest BCUT2D eigenvalue weighted by Crippen LogP contribution is 2.24. The molecule has 1 aromatic rings. The van der Waals surface area contributed by atoms with Crippen molar-refractivity contribution in [2.24, 2.45) is 0 Å². The number of rotatable bonds is 4. The molecule has 6 nitrogen and oxygen atoms in total. The molecule has 2 unspecified atom stereocenters. The molecule has 1 aliphatic heterocycles. The number of anilines is 1.